The molecule has 5 rings (SSSR count). The van der Waals surface area contributed by atoms with Gasteiger partial charge in [0.25, 0.3) is 5.91 Å². The molecule has 0 unspecified atom stereocenters. The third-order valence-corrected chi connectivity index (χ3v) is 7.54. The van der Waals surface area contributed by atoms with Crippen molar-refractivity contribution < 1.29 is 27.4 Å². The molecule has 1 saturated heterocycles. The van der Waals surface area contributed by atoms with Crippen LogP contribution in [0.25, 0.3) is 0 Å². The van der Waals surface area contributed by atoms with E-state index in [4.69, 9.17) is 14.2 Å². The topological polar surface area (TPSA) is 98.3 Å². The lowest BCUT2D eigenvalue weighted by Gasteiger charge is -2.34. The Kier molecular flexibility index (Phi) is 6.08. The highest BCUT2D eigenvalue weighted by Crippen LogP contribution is 2.33. The van der Waals surface area contributed by atoms with Gasteiger partial charge in [-0.25, -0.2) is 8.42 Å². The van der Waals surface area contributed by atoms with Gasteiger partial charge in [-0.3, -0.25) is 9.78 Å². The molecule has 0 bridgehead atoms. The summed E-state index contributed by atoms with van der Waals surface area (Å²) in [6, 6.07) is 15.1. The van der Waals surface area contributed by atoms with Crippen LogP contribution in [0.15, 0.2) is 71.9 Å². The molecule has 0 N–H and O–H groups in total. The van der Waals surface area contributed by atoms with Crippen molar-refractivity contribution in [3.05, 3.63) is 72.6 Å². The summed E-state index contributed by atoms with van der Waals surface area (Å²) < 4.78 is 44.3. The zero-order valence-corrected chi connectivity index (χ0v) is 19.1. The Morgan fingerprint density at radius 1 is 0.882 bits per heavy atom. The number of rotatable bonds is 5. The van der Waals surface area contributed by atoms with E-state index in [9.17, 15) is 13.2 Å². The first-order valence-corrected chi connectivity index (χ1v) is 12.3. The molecule has 10 heteroatoms. The fourth-order valence-electron chi connectivity index (χ4n) is 3.86. The predicted molar refractivity (Wildman–Crippen MR) is 123 cm³/mol. The number of benzene rings is 2. The second-order valence-corrected chi connectivity index (χ2v) is 9.75. The Bertz CT molecular complexity index is 1270. The van der Waals surface area contributed by atoms with Crippen LogP contribution in [0.4, 0.5) is 0 Å². The maximum atomic E-state index is 13.1. The molecule has 176 valence electrons. The maximum absolute atomic E-state index is 13.1. The zero-order chi connectivity index (χ0) is 23.5. The minimum Gasteiger partial charge on any atom is -0.486 e. The number of hydrogen-bond acceptors (Lipinski definition) is 7. The van der Waals surface area contributed by atoms with Gasteiger partial charge in [-0.15, -0.1) is 0 Å². The van der Waals surface area contributed by atoms with Crippen LogP contribution in [-0.2, 0) is 10.0 Å². The molecule has 2 aliphatic heterocycles. The largest absolute Gasteiger partial charge is 0.486 e. The van der Waals surface area contributed by atoms with Crippen LogP contribution >= 0.6 is 0 Å². The zero-order valence-electron chi connectivity index (χ0n) is 18.3. The number of sulfonamides is 1. The van der Waals surface area contributed by atoms with Crippen molar-refractivity contribution in [1.82, 2.24) is 14.2 Å². The Morgan fingerprint density at radius 3 is 2.32 bits per heavy atom. The van der Waals surface area contributed by atoms with Gasteiger partial charge in [0, 0.05) is 44.0 Å². The highest BCUT2D eigenvalue weighted by atomic mass is 32.2. The monoisotopic (exact) mass is 481 g/mol. The number of nitrogens with zero attached hydrogens (tertiary/aromatic N) is 3. The number of piperazine rings is 1. The van der Waals surface area contributed by atoms with E-state index in [0.29, 0.717) is 54.9 Å². The van der Waals surface area contributed by atoms with E-state index in [0.717, 1.165) is 0 Å². The van der Waals surface area contributed by atoms with Crippen LogP contribution in [0.3, 0.4) is 0 Å². The van der Waals surface area contributed by atoms with Crippen LogP contribution in [0.2, 0.25) is 0 Å². The van der Waals surface area contributed by atoms with E-state index in [1.807, 2.05) is 0 Å². The van der Waals surface area contributed by atoms with E-state index < -0.39 is 10.0 Å². The third kappa shape index (κ3) is 4.55. The summed E-state index contributed by atoms with van der Waals surface area (Å²) >= 11 is 0. The number of amides is 1. The van der Waals surface area contributed by atoms with Gasteiger partial charge >= 0.3 is 0 Å². The summed E-state index contributed by atoms with van der Waals surface area (Å²) in [7, 11) is -3.71. The van der Waals surface area contributed by atoms with E-state index in [1.165, 1.54) is 16.4 Å². The molecular formula is C24H23N3O6S. The number of hydrogen-bond donors (Lipinski definition) is 0. The van der Waals surface area contributed by atoms with Crippen LogP contribution in [-0.4, -0.2) is 67.9 Å². The highest BCUT2D eigenvalue weighted by Gasteiger charge is 2.31. The van der Waals surface area contributed by atoms with Gasteiger partial charge in [-0.1, -0.05) is 0 Å². The molecule has 2 aromatic carbocycles. The summed E-state index contributed by atoms with van der Waals surface area (Å²) in [5.41, 5.74) is 0.515. The van der Waals surface area contributed by atoms with Crippen molar-refractivity contribution in [3.8, 4) is 23.0 Å². The average molecular weight is 482 g/mol. The fraction of sp³-hybridized carbons (Fsp3) is 0.250. The van der Waals surface area contributed by atoms with Gasteiger partial charge in [0.2, 0.25) is 10.0 Å². The maximum Gasteiger partial charge on any atom is 0.253 e. The van der Waals surface area contributed by atoms with Crippen LogP contribution < -0.4 is 14.2 Å². The Balaban J connectivity index is 1.21. The molecule has 1 fully saturated rings. The van der Waals surface area contributed by atoms with Gasteiger partial charge < -0.3 is 19.1 Å². The summed E-state index contributed by atoms with van der Waals surface area (Å²) in [6.07, 6.45) is 3.27. The van der Waals surface area contributed by atoms with Crippen molar-refractivity contribution in [2.24, 2.45) is 0 Å². The van der Waals surface area contributed by atoms with E-state index in [2.05, 4.69) is 4.98 Å². The van der Waals surface area contributed by atoms with E-state index in [-0.39, 0.29) is 23.9 Å². The number of pyridine rings is 1. The third-order valence-electron chi connectivity index (χ3n) is 5.65. The van der Waals surface area contributed by atoms with Crippen LogP contribution in [0.1, 0.15) is 10.4 Å². The minimum atomic E-state index is -3.71. The summed E-state index contributed by atoms with van der Waals surface area (Å²) in [5.74, 6) is 2.02. The number of fused-ring (bicyclic) bond motifs is 1. The number of aromatic nitrogens is 1. The predicted octanol–water partition coefficient (Wildman–Crippen LogP) is 2.79. The van der Waals surface area contributed by atoms with Crippen molar-refractivity contribution in [3.63, 3.8) is 0 Å². The molecule has 0 aliphatic carbocycles. The van der Waals surface area contributed by atoms with Gasteiger partial charge in [0.05, 0.1) is 11.1 Å². The van der Waals surface area contributed by atoms with Crippen molar-refractivity contribution in [2.75, 3.05) is 39.4 Å². The van der Waals surface area contributed by atoms with Gasteiger partial charge in [0.1, 0.15) is 24.7 Å². The number of carbonyl (C=O) groups is 1. The molecule has 3 heterocycles. The molecule has 9 nitrogen and oxygen atoms in total. The first-order valence-electron chi connectivity index (χ1n) is 10.9. The molecule has 1 aromatic heterocycles. The second-order valence-electron chi connectivity index (χ2n) is 7.82. The molecule has 0 saturated carbocycles. The Hall–Kier alpha value is -3.63. The SMILES string of the molecule is O=C(c1ccc(Oc2cccnc2)cc1)N1CCN(S(=O)(=O)c2ccc3c(c2)OCCO3)CC1. The van der Waals surface area contributed by atoms with Crippen molar-refractivity contribution >= 4 is 15.9 Å². The van der Waals surface area contributed by atoms with Gasteiger partial charge in [-0.2, -0.15) is 4.31 Å². The van der Waals surface area contributed by atoms with Crippen LogP contribution in [0.5, 0.6) is 23.0 Å². The molecular weight excluding hydrogens is 458 g/mol. The van der Waals surface area contributed by atoms with Gasteiger partial charge in [-0.05, 0) is 48.5 Å². The standard InChI is InChI=1S/C24H23N3O6S/c28-24(18-3-5-19(6-4-18)33-20-2-1-9-25-17-20)26-10-12-27(13-11-26)34(29,30)21-7-8-22-23(16-21)32-15-14-31-22/h1-9,16-17H,10-15H2. The van der Waals surface area contributed by atoms with Crippen LogP contribution in [0, 0.1) is 0 Å². The molecule has 34 heavy (non-hydrogen) atoms. The second kappa shape index (κ2) is 9.32. The Labute approximate surface area is 197 Å². The summed E-state index contributed by atoms with van der Waals surface area (Å²) in [4.78, 5) is 18.8. The first-order chi connectivity index (χ1) is 16.5. The molecule has 0 spiro atoms. The number of carbonyl (C=O) groups excluding carboxylic acids is 1. The fourth-order valence-corrected chi connectivity index (χ4v) is 5.29. The molecule has 1 amide bonds. The van der Waals surface area contributed by atoms with E-state index >= 15 is 0 Å². The normalized spacial score (nSPS) is 16.2. The quantitative estimate of drug-likeness (QED) is 0.553. The van der Waals surface area contributed by atoms with Crippen molar-refractivity contribution in [1.29, 1.82) is 0 Å². The summed E-state index contributed by atoms with van der Waals surface area (Å²) in [5, 5.41) is 0. The lowest BCUT2D eigenvalue weighted by molar-refractivity contribution is 0.0698. The molecule has 0 atom stereocenters. The smallest absolute Gasteiger partial charge is 0.253 e. The first kappa shape index (κ1) is 22.2. The average Bonchev–Trinajstić information content (AvgIpc) is 2.89. The molecule has 0 radical (unpaired) electrons. The Morgan fingerprint density at radius 2 is 1.62 bits per heavy atom. The molecule has 2 aliphatic rings. The lowest BCUT2D eigenvalue weighted by Crippen LogP contribution is -2.50. The molecule has 3 aromatic rings. The lowest BCUT2D eigenvalue weighted by atomic mass is 10.2. The summed E-state index contributed by atoms with van der Waals surface area (Å²) in [6.45, 7) is 1.85. The minimum absolute atomic E-state index is 0.149. The highest BCUT2D eigenvalue weighted by molar-refractivity contribution is 7.89. The number of ether oxygens (including phenoxy) is 3. The van der Waals surface area contributed by atoms with E-state index in [1.54, 1.807) is 59.8 Å². The van der Waals surface area contributed by atoms with Crippen molar-refractivity contribution in [2.45, 2.75) is 4.90 Å². The van der Waals surface area contributed by atoms with Gasteiger partial charge in [0.15, 0.2) is 11.5 Å².